The highest BCUT2D eigenvalue weighted by molar-refractivity contribution is 5.79. The van der Waals surface area contributed by atoms with E-state index in [4.69, 9.17) is 4.74 Å². The number of carbonyl (C=O) groups excluding carboxylic acids is 1. The van der Waals surface area contributed by atoms with Crippen molar-refractivity contribution in [2.75, 3.05) is 19.8 Å². The first-order valence-electron chi connectivity index (χ1n) is 11.8. The van der Waals surface area contributed by atoms with Crippen molar-refractivity contribution in [3.05, 3.63) is 45.9 Å². The Balaban J connectivity index is 1.73. The molecule has 1 aliphatic carbocycles. The highest BCUT2D eigenvalue weighted by Gasteiger charge is 2.42. The van der Waals surface area contributed by atoms with Crippen LogP contribution in [0.5, 0.6) is 0 Å². The Morgan fingerprint density at radius 2 is 2.03 bits per heavy atom. The van der Waals surface area contributed by atoms with E-state index in [1.807, 2.05) is 26.0 Å². The Morgan fingerprint density at radius 3 is 2.65 bits per heavy atom. The first-order chi connectivity index (χ1) is 14.8. The Hall–Kier alpha value is -1.92. The van der Waals surface area contributed by atoms with Crippen LogP contribution >= 0.6 is 0 Å². The van der Waals surface area contributed by atoms with Crippen LogP contribution in [0.4, 0.5) is 0 Å². The van der Waals surface area contributed by atoms with E-state index < -0.39 is 0 Å². The van der Waals surface area contributed by atoms with Gasteiger partial charge in [0.05, 0.1) is 0 Å². The third-order valence-electron chi connectivity index (χ3n) is 7.40. The van der Waals surface area contributed by atoms with E-state index in [0.29, 0.717) is 23.6 Å². The number of pyridine rings is 1. The van der Waals surface area contributed by atoms with Crippen molar-refractivity contribution in [1.82, 2.24) is 15.2 Å². The van der Waals surface area contributed by atoms with Crippen LogP contribution in [0, 0.1) is 31.6 Å². The molecular weight excluding hydrogens is 390 g/mol. The predicted molar refractivity (Wildman–Crippen MR) is 124 cm³/mol. The Kier molecular flexibility index (Phi) is 8.11. The lowest BCUT2D eigenvalue weighted by atomic mass is 9.70. The molecule has 1 saturated heterocycles. The second kappa shape index (κ2) is 10.6. The lowest BCUT2D eigenvalue weighted by Gasteiger charge is -2.47. The maximum Gasteiger partial charge on any atom is 0.253 e. The van der Waals surface area contributed by atoms with Crippen molar-refractivity contribution < 1.29 is 9.53 Å². The summed E-state index contributed by atoms with van der Waals surface area (Å²) in [7, 11) is 0. The van der Waals surface area contributed by atoms with Gasteiger partial charge in [0, 0.05) is 49.0 Å². The average Bonchev–Trinajstić information content (AvgIpc) is 2.75. The van der Waals surface area contributed by atoms with E-state index in [2.05, 4.69) is 35.6 Å². The third-order valence-corrected chi connectivity index (χ3v) is 7.40. The molecule has 0 radical (unpaired) electrons. The van der Waals surface area contributed by atoms with Crippen molar-refractivity contribution >= 4 is 5.91 Å². The van der Waals surface area contributed by atoms with Gasteiger partial charge in [-0.3, -0.25) is 14.5 Å². The predicted octanol–water partition coefficient (Wildman–Crippen LogP) is 3.33. The second-order valence-corrected chi connectivity index (χ2v) is 9.33. The first-order valence-corrected chi connectivity index (χ1v) is 11.8. The zero-order valence-electron chi connectivity index (χ0n) is 19.6. The lowest BCUT2D eigenvalue weighted by molar-refractivity contribution is -0.130. The number of ether oxygens (including phenoxy) is 1. The summed E-state index contributed by atoms with van der Waals surface area (Å²) in [5.41, 5.74) is 2.27. The van der Waals surface area contributed by atoms with Crippen LogP contribution in [0.3, 0.4) is 0 Å². The fourth-order valence-electron chi connectivity index (χ4n) is 5.59. The third kappa shape index (κ3) is 5.47. The van der Waals surface area contributed by atoms with Crippen molar-refractivity contribution in [2.45, 2.75) is 72.0 Å². The van der Waals surface area contributed by atoms with E-state index in [1.165, 1.54) is 0 Å². The molecule has 1 aromatic heterocycles. The van der Waals surface area contributed by atoms with E-state index >= 15 is 0 Å². The number of hydrogen-bond donors (Lipinski definition) is 2. The molecule has 4 unspecified atom stereocenters. The van der Waals surface area contributed by atoms with Gasteiger partial charge >= 0.3 is 0 Å². The molecule has 3 rings (SSSR count). The van der Waals surface area contributed by atoms with E-state index in [9.17, 15) is 9.59 Å². The molecule has 0 aromatic carbocycles. The summed E-state index contributed by atoms with van der Waals surface area (Å²) in [6.45, 7) is 15.2. The van der Waals surface area contributed by atoms with Gasteiger partial charge in [0.15, 0.2) is 0 Å². The number of rotatable bonds is 7. The molecule has 1 aromatic rings. The highest BCUT2D eigenvalue weighted by Crippen LogP contribution is 2.39. The van der Waals surface area contributed by atoms with Crippen LogP contribution in [0.1, 0.15) is 56.4 Å². The number of aromatic amines is 1. The normalized spacial score (nSPS) is 27.3. The Bertz CT molecular complexity index is 828. The van der Waals surface area contributed by atoms with Crippen LogP contribution in [-0.2, 0) is 16.1 Å². The number of aromatic nitrogens is 1. The summed E-state index contributed by atoms with van der Waals surface area (Å²) in [6.07, 6.45) is 6.01. The monoisotopic (exact) mass is 429 g/mol. The number of hydrogen-bond acceptors (Lipinski definition) is 4. The fraction of sp³-hybridized carbons (Fsp3) is 0.680. The van der Waals surface area contributed by atoms with Crippen LogP contribution < -0.4 is 10.9 Å². The smallest absolute Gasteiger partial charge is 0.253 e. The Labute approximate surface area is 186 Å². The van der Waals surface area contributed by atoms with Crippen LogP contribution in [-0.4, -0.2) is 47.6 Å². The number of H-pyrrole nitrogens is 1. The molecule has 1 saturated carbocycles. The summed E-state index contributed by atoms with van der Waals surface area (Å²) in [4.78, 5) is 31.0. The molecule has 1 amide bonds. The minimum Gasteiger partial charge on any atom is -0.381 e. The maximum atomic E-state index is 13.3. The first kappa shape index (κ1) is 23.7. The molecule has 2 aliphatic rings. The molecule has 4 atom stereocenters. The van der Waals surface area contributed by atoms with E-state index in [1.54, 1.807) is 0 Å². The van der Waals surface area contributed by atoms with E-state index in [0.717, 1.165) is 56.7 Å². The van der Waals surface area contributed by atoms with Gasteiger partial charge < -0.3 is 15.0 Å². The molecule has 172 valence electrons. The standard InChI is InChI=1S/C25H39N3O3/c1-6-19-13-21(24(29)26-15-22-16(3)12-17(4)27-25(22)30)18(5)23(14-19)28(7-2)20-8-10-31-11-9-20/h6,12,18-21,23H,1,7-11,13-15H2,2-5H3,(H,26,29)(H,27,30). The van der Waals surface area contributed by atoms with Crippen molar-refractivity contribution in [1.29, 1.82) is 0 Å². The van der Waals surface area contributed by atoms with Gasteiger partial charge in [0.2, 0.25) is 5.91 Å². The van der Waals surface area contributed by atoms with Gasteiger partial charge in [0.25, 0.3) is 5.56 Å². The van der Waals surface area contributed by atoms with Gasteiger partial charge in [-0.15, -0.1) is 6.58 Å². The van der Waals surface area contributed by atoms with E-state index in [-0.39, 0.29) is 29.8 Å². The Morgan fingerprint density at radius 1 is 1.32 bits per heavy atom. The molecule has 1 aliphatic heterocycles. The number of nitrogens with zero attached hydrogens (tertiary/aromatic N) is 1. The summed E-state index contributed by atoms with van der Waals surface area (Å²) < 4.78 is 5.58. The summed E-state index contributed by atoms with van der Waals surface area (Å²) in [5.74, 6) is 0.540. The minimum atomic E-state index is -0.118. The topological polar surface area (TPSA) is 74.4 Å². The minimum absolute atomic E-state index is 0.0476. The zero-order valence-corrected chi connectivity index (χ0v) is 19.6. The second-order valence-electron chi connectivity index (χ2n) is 9.33. The zero-order chi connectivity index (χ0) is 22.5. The van der Waals surface area contributed by atoms with Crippen LogP contribution in [0.2, 0.25) is 0 Å². The molecule has 0 bridgehead atoms. The average molecular weight is 430 g/mol. The summed E-state index contributed by atoms with van der Waals surface area (Å²) in [6, 6.07) is 2.82. The lowest BCUT2D eigenvalue weighted by Crippen LogP contribution is -2.54. The van der Waals surface area contributed by atoms with Crippen molar-refractivity contribution in [3.63, 3.8) is 0 Å². The fourth-order valence-corrected chi connectivity index (χ4v) is 5.59. The number of allylic oxidation sites excluding steroid dienone is 1. The molecule has 6 heteroatoms. The van der Waals surface area contributed by atoms with Crippen molar-refractivity contribution in [3.8, 4) is 0 Å². The maximum absolute atomic E-state index is 13.3. The quantitative estimate of drug-likeness (QED) is 0.652. The molecule has 2 N–H and O–H groups in total. The molecule has 6 nitrogen and oxygen atoms in total. The number of carbonyl (C=O) groups is 1. The van der Waals surface area contributed by atoms with Gasteiger partial charge in [-0.1, -0.05) is 19.9 Å². The summed E-state index contributed by atoms with van der Waals surface area (Å²) >= 11 is 0. The van der Waals surface area contributed by atoms with Gasteiger partial charge in [-0.25, -0.2) is 0 Å². The molecule has 31 heavy (non-hydrogen) atoms. The highest BCUT2D eigenvalue weighted by atomic mass is 16.5. The number of nitrogens with one attached hydrogen (secondary N) is 2. The van der Waals surface area contributed by atoms with Crippen LogP contribution in [0.25, 0.3) is 0 Å². The van der Waals surface area contributed by atoms with Crippen molar-refractivity contribution in [2.24, 2.45) is 17.8 Å². The van der Waals surface area contributed by atoms with Gasteiger partial charge in [-0.2, -0.15) is 0 Å². The van der Waals surface area contributed by atoms with Gasteiger partial charge in [-0.05, 0) is 69.5 Å². The number of amides is 1. The SMILES string of the molecule is C=CC1CC(C(=O)NCc2c(C)cc(C)[nH]c2=O)C(C)C(N(CC)C2CCOCC2)C1. The van der Waals surface area contributed by atoms with Crippen LogP contribution in [0.15, 0.2) is 23.5 Å². The summed E-state index contributed by atoms with van der Waals surface area (Å²) in [5, 5.41) is 3.07. The molecule has 2 fully saturated rings. The molecule has 2 heterocycles. The number of aryl methyl sites for hydroxylation is 2. The van der Waals surface area contributed by atoms with Gasteiger partial charge in [0.1, 0.15) is 0 Å². The largest absolute Gasteiger partial charge is 0.381 e. The molecular formula is C25H39N3O3. The molecule has 0 spiro atoms.